The monoisotopic (exact) mass is 299 g/mol. The molecule has 0 saturated carbocycles. The first-order valence-electron chi connectivity index (χ1n) is 6.50. The van der Waals surface area contributed by atoms with Crippen LogP contribution in [-0.2, 0) is 0 Å². The van der Waals surface area contributed by atoms with Crippen LogP contribution >= 0.6 is 0 Å². The second kappa shape index (κ2) is 5.77. The van der Waals surface area contributed by atoms with Gasteiger partial charge in [0, 0.05) is 29.2 Å². The van der Waals surface area contributed by atoms with E-state index in [1.54, 1.807) is 30.6 Å². The van der Waals surface area contributed by atoms with Crippen molar-refractivity contribution in [3.8, 4) is 11.4 Å². The Bertz CT molecular complexity index is 816. The van der Waals surface area contributed by atoms with Crippen molar-refractivity contribution in [3.05, 3.63) is 72.1 Å². The molecule has 0 spiro atoms. The van der Waals surface area contributed by atoms with Gasteiger partial charge in [0.2, 0.25) is 0 Å². The molecule has 22 heavy (non-hydrogen) atoms. The maximum Gasteiger partial charge on any atom is 0.255 e. The van der Waals surface area contributed by atoms with Crippen LogP contribution in [0.3, 0.4) is 0 Å². The molecule has 0 radical (unpaired) electrons. The molecule has 110 valence electrons. The molecule has 1 heterocycles. The van der Waals surface area contributed by atoms with Crippen LogP contribution < -0.4 is 5.32 Å². The highest BCUT2D eigenvalue weighted by molar-refractivity contribution is 6.04. The average Bonchev–Trinajstić information content (AvgIpc) is 3.04. The SMILES string of the molecule is O=C(Nc1cccc(-c2ncc[nH]2)c1)c1ccc(F)c(F)c1. The first-order chi connectivity index (χ1) is 10.6. The molecule has 0 unspecified atom stereocenters. The van der Waals surface area contributed by atoms with Gasteiger partial charge in [0.25, 0.3) is 5.91 Å². The van der Waals surface area contributed by atoms with Gasteiger partial charge in [-0.1, -0.05) is 12.1 Å². The number of H-pyrrole nitrogens is 1. The van der Waals surface area contributed by atoms with Crippen molar-refractivity contribution >= 4 is 11.6 Å². The van der Waals surface area contributed by atoms with Gasteiger partial charge in [-0.05, 0) is 30.3 Å². The lowest BCUT2D eigenvalue weighted by atomic mass is 10.1. The number of nitrogens with zero attached hydrogens (tertiary/aromatic N) is 1. The van der Waals surface area contributed by atoms with E-state index in [0.29, 0.717) is 11.5 Å². The molecule has 0 fully saturated rings. The van der Waals surface area contributed by atoms with Crippen LogP contribution in [0.4, 0.5) is 14.5 Å². The Morgan fingerprint density at radius 3 is 2.68 bits per heavy atom. The Labute approximate surface area is 124 Å². The van der Waals surface area contributed by atoms with Crippen LogP contribution in [0, 0.1) is 11.6 Å². The molecule has 2 N–H and O–H groups in total. The number of aromatic amines is 1. The number of nitrogens with one attached hydrogen (secondary N) is 2. The van der Waals surface area contributed by atoms with E-state index in [1.807, 2.05) is 6.07 Å². The van der Waals surface area contributed by atoms with Crippen molar-refractivity contribution in [2.45, 2.75) is 0 Å². The standard InChI is InChI=1S/C16H11F2N3O/c17-13-5-4-11(9-14(13)18)16(22)21-12-3-1-2-10(8-12)15-19-6-7-20-15/h1-9H,(H,19,20)(H,21,22). The van der Waals surface area contributed by atoms with Crippen molar-refractivity contribution in [2.75, 3.05) is 5.32 Å². The van der Waals surface area contributed by atoms with Gasteiger partial charge < -0.3 is 10.3 Å². The summed E-state index contributed by atoms with van der Waals surface area (Å²) in [7, 11) is 0. The molecule has 1 amide bonds. The van der Waals surface area contributed by atoms with Gasteiger partial charge in [-0.2, -0.15) is 0 Å². The molecule has 3 rings (SSSR count). The second-order valence-electron chi connectivity index (χ2n) is 4.60. The number of hydrogen-bond donors (Lipinski definition) is 2. The lowest BCUT2D eigenvalue weighted by Gasteiger charge is -2.07. The summed E-state index contributed by atoms with van der Waals surface area (Å²) >= 11 is 0. The van der Waals surface area contributed by atoms with Gasteiger partial charge in [0.05, 0.1) is 0 Å². The number of aromatic nitrogens is 2. The summed E-state index contributed by atoms with van der Waals surface area (Å²) in [5, 5.41) is 2.64. The molecular weight excluding hydrogens is 288 g/mol. The minimum Gasteiger partial charge on any atom is -0.345 e. The average molecular weight is 299 g/mol. The summed E-state index contributed by atoms with van der Waals surface area (Å²) in [5.41, 5.74) is 1.37. The van der Waals surface area contributed by atoms with Gasteiger partial charge in [-0.15, -0.1) is 0 Å². The largest absolute Gasteiger partial charge is 0.345 e. The lowest BCUT2D eigenvalue weighted by molar-refractivity contribution is 0.102. The predicted octanol–water partition coefficient (Wildman–Crippen LogP) is 3.61. The van der Waals surface area contributed by atoms with E-state index in [9.17, 15) is 13.6 Å². The molecular formula is C16H11F2N3O. The Kier molecular flexibility index (Phi) is 3.65. The summed E-state index contributed by atoms with van der Waals surface area (Å²) in [5.74, 6) is -1.90. The number of benzene rings is 2. The Morgan fingerprint density at radius 1 is 1.09 bits per heavy atom. The summed E-state index contributed by atoms with van der Waals surface area (Å²) in [6, 6.07) is 10.0. The maximum absolute atomic E-state index is 13.2. The minimum atomic E-state index is -1.06. The summed E-state index contributed by atoms with van der Waals surface area (Å²) in [6.07, 6.45) is 3.32. The van der Waals surface area contributed by atoms with Crippen LogP contribution in [-0.4, -0.2) is 15.9 Å². The highest BCUT2D eigenvalue weighted by Crippen LogP contribution is 2.20. The molecule has 2 aromatic carbocycles. The topological polar surface area (TPSA) is 57.8 Å². The van der Waals surface area contributed by atoms with Gasteiger partial charge >= 0.3 is 0 Å². The first kappa shape index (κ1) is 13.9. The van der Waals surface area contributed by atoms with Crippen LogP contribution in [0.5, 0.6) is 0 Å². The molecule has 3 aromatic rings. The number of anilines is 1. The zero-order valence-electron chi connectivity index (χ0n) is 11.3. The third-order valence-corrected chi connectivity index (χ3v) is 3.07. The molecule has 0 aliphatic rings. The van der Waals surface area contributed by atoms with Crippen LogP contribution in [0.2, 0.25) is 0 Å². The molecule has 6 heteroatoms. The number of carbonyl (C=O) groups excluding carboxylic acids is 1. The fraction of sp³-hybridized carbons (Fsp3) is 0. The van der Waals surface area contributed by atoms with Gasteiger partial charge in [0.15, 0.2) is 11.6 Å². The van der Waals surface area contributed by atoms with Crippen molar-refractivity contribution in [1.82, 2.24) is 9.97 Å². The number of carbonyl (C=O) groups is 1. The van der Waals surface area contributed by atoms with E-state index >= 15 is 0 Å². The van der Waals surface area contributed by atoms with E-state index in [1.165, 1.54) is 6.07 Å². The third kappa shape index (κ3) is 2.85. The van der Waals surface area contributed by atoms with Crippen LogP contribution in [0.1, 0.15) is 10.4 Å². The number of amides is 1. The lowest BCUT2D eigenvalue weighted by Crippen LogP contribution is -2.12. The normalized spacial score (nSPS) is 10.5. The van der Waals surface area contributed by atoms with Crippen molar-refractivity contribution in [3.63, 3.8) is 0 Å². The zero-order valence-corrected chi connectivity index (χ0v) is 11.3. The third-order valence-electron chi connectivity index (χ3n) is 3.07. The molecule has 0 aliphatic carbocycles. The number of hydrogen-bond acceptors (Lipinski definition) is 2. The summed E-state index contributed by atoms with van der Waals surface area (Å²) in [4.78, 5) is 19.1. The zero-order chi connectivity index (χ0) is 15.5. The second-order valence-corrected chi connectivity index (χ2v) is 4.60. The quantitative estimate of drug-likeness (QED) is 0.776. The Morgan fingerprint density at radius 2 is 1.95 bits per heavy atom. The van der Waals surface area contributed by atoms with E-state index in [0.717, 1.165) is 17.7 Å². The van der Waals surface area contributed by atoms with Gasteiger partial charge in [0.1, 0.15) is 5.82 Å². The Balaban J connectivity index is 1.82. The molecule has 1 aromatic heterocycles. The smallest absolute Gasteiger partial charge is 0.255 e. The van der Waals surface area contributed by atoms with Crippen molar-refractivity contribution in [1.29, 1.82) is 0 Å². The highest BCUT2D eigenvalue weighted by atomic mass is 19.2. The fourth-order valence-corrected chi connectivity index (χ4v) is 2.01. The van der Waals surface area contributed by atoms with Crippen molar-refractivity contribution in [2.24, 2.45) is 0 Å². The highest BCUT2D eigenvalue weighted by Gasteiger charge is 2.10. The van der Waals surface area contributed by atoms with Gasteiger partial charge in [-0.3, -0.25) is 4.79 Å². The fourth-order valence-electron chi connectivity index (χ4n) is 2.01. The molecule has 0 aliphatic heterocycles. The van der Waals surface area contributed by atoms with E-state index in [2.05, 4.69) is 15.3 Å². The van der Waals surface area contributed by atoms with E-state index < -0.39 is 17.5 Å². The summed E-state index contributed by atoms with van der Waals surface area (Å²) in [6.45, 7) is 0. The number of halogens is 2. The van der Waals surface area contributed by atoms with E-state index in [4.69, 9.17) is 0 Å². The number of rotatable bonds is 3. The molecule has 0 atom stereocenters. The molecule has 0 bridgehead atoms. The van der Waals surface area contributed by atoms with Crippen LogP contribution in [0.25, 0.3) is 11.4 Å². The minimum absolute atomic E-state index is 0.0438. The van der Waals surface area contributed by atoms with Crippen LogP contribution in [0.15, 0.2) is 54.9 Å². The summed E-state index contributed by atoms with van der Waals surface area (Å²) < 4.78 is 26.0. The van der Waals surface area contributed by atoms with Gasteiger partial charge in [-0.25, -0.2) is 13.8 Å². The Hall–Kier alpha value is -3.02. The predicted molar refractivity (Wildman–Crippen MR) is 78.3 cm³/mol. The number of imidazole rings is 1. The first-order valence-corrected chi connectivity index (χ1v) is 6.50. The van der Waals surface area contributed by atoms with E-state index in [-0.39, 0.29) is 5.56 Å². The molecule has 4 nitrogen and oxygen atoms in total. The maximum atomic E-state index is 13.2. The molecule has 0 saturated heterocycles. The van der Waals surface area contributed by atoms with Crippen molar-refractivity contribution < 1.29 is 13.6 Å².